The Balaban J connectivity index is 0.000000228. The number of nitrogens with zero attached hydrogens (tertiary/aromatic N) is 5. The number of hydrogen-bond donors (Lipinski definition) is 1. The van der Waals surface area contributed by atoms with E-state index in [1.807, 2.05) is 97.0 Å². The predicted molar refractivity (Wildman–Crippen MR) is 207 cm³/mol. The smallest absolute Gasteiger partial charge is 0.253 e. The molecule has 0 atom stereocenters. The lowest BCUT2D eigenvalue weighted by molar-refractivity contribution is 0.0777. The lowest BCUT2D eigenvalue weighted by atomic mass is 9.93. The Morgan fingerprint density at radius 3 is 1.52 bits per heavy atom. The molecule has 10 heteroatoms. The van der Waals surface area contributed by atoms with Crippen molar-refractivity contribution in [1.82, 2.24) is 25.1 Å². The highest BCUT2D eigenvalue weighted by atomic mass is 35.5. The number of aromatic nitrogens is 2. The second-order valence-electron chi connectivity index (χ2n) is 12.8. The first-order valence-corrected chi connectivity index (χ1v) is 17.8. The summed E-state index contributed by atoms with van der Waals surface area (Å²) in [6, 6.07) is 26.7. The number of benzene rings is 2. The molecule has 0 saturated carbocycles. The van der Waals surface area contributed by atoms with Gasteiger partial charge in [-0.2, -0.15) is 0 Å². The van der Waals surface area contributed by atoms with Gasteiger partial charge in [0, 0.05) is 86.9 Å². The Morgan fingerprint density at radius 1 is 0.680 bits per heavy atom. The molecule has 2 fully saturated rings. The van der Waals surface area contributed by atoms with Crippen LogP contribution in [0.3, 0.4) is 0 Å². The van der Waals surface area contributed by atoms with E-state index in [0.29, 0.717) is 5.92 Å². The van der Waals surface area contributed by atoms with E-state index in [1.54, 1.807) is 24.5 Å². The SMILES string of the molecule is CN(CCC1CCN(c2ccncc2)CC1)C(=O)c1ccccc1.CN(CCC1CCNCC1)C(=O)c1ccccc1.Cl.Clc1ccncc1. The van der Waals surface area contributed by atoms with Crippen LogP contribution in [0.4, 0.5) is 5.69 Å². The van der Waals surface area contributed by atoms with Crippen molar-refractivity contribution in [3.63, 3.8) is 0 Å². The number of carbonyl (C=O) groups is 2. The number of carbonyl (C=O) groups excluding carboxylic acids is 2. The van der Waals surface area contributed by atoms with E-state index in [0.717, 1.165) is 74.2 Å². The quantitative estimate of drug-likeness (QED) is 0.191. The summed E-state index contributed by atoms with van der Waals surface area (Å²) in [5.74, 6) is 1.72. The minimum Gasteiger partial charge on any atom is -0.371 e. The number of piperidine rings is 2. The van der Waals surface area contributed by atoms with Crippen molar-refractivity contribution in [2.24, 2.45) is 11.8 Å². The molecule has 2 amide bonds. The largest absolute Gasteiger partial charge is 0.371 e. The van der Waals surface area contributed by atoms with Crippen LogP contribution in [0, 0.1) is 11.8 Å². The predicted octanol–water partition coefficient (Wildman–Crippen LogP) is 7.77. The number of hydrogen-bond acceptors (Lipinski definition) is 6. The molecule has 268 valence electrons. The molecule has 0 spiro atoms. The minimum absolute atomic E-state index is 0. The highest BCUT2D eigenvalue weighted by Gasteiger charge is 2.21. The summed E-state index contributed by atoms with van der Waals surface area (Å²) in [7, 11) is 3.80. The van der Waals surface area contributed by atoms with Crippen LogP contribution in [-0.4, -0.2) is 84.9 Å². The molecule has 2 saturated heterocycles. The molecule has 2 aliphatic heterocycles. The molecule has 0 radical (unpaired) electrons. The molecule has 2 aromatic carbocycles. The van der Waals surface area contributed by atoms with Gasteiger partial charge >= 0.3 is 0 Å². The molecule has 0 bridgehead atoms. The number of nitrogens with one attached hydrogen (secondary N) is 1. The molecule has 4 aromatic rings. The number of amides is 2. The zero-order chi connectivity index (χ0) is 34.7. The fraction of sp³-hybridized carbons (Fsp3) is 0.400. The Bertz CT molecular complexity index is 1490. The molecule has 1 N–H and O–H groups in total. The van der Waals surface area contributed by atoms with Gasteiger partial charge in [0.1, 0.15) is 0 Å². The molecular formula is C40H52Cl2N6O2. The number of rotatable bonds is 9. The van der Waals surface area contributed by atoms with Gasteiger partial charge in [-0.15, -0.1) is 12.4 Å². The molecule has 0 aliphatic carbocycles. The average Bonchev–Trinajstić information content (AvgIpc) is 3.18. The third-order valence-corrected chi connectivity index (χ3v) is 9.47. The molecule has 50 heavy (non-hydrogen) atoms. The highest BCUT2D eigenvalue weighted by Crippen LogP contribution is 2.25. The van der Waals surface area contributed by atoms with Crippen molar-refractivity contribution in [2.75, 3.05) is 58.3 Å². The summed E-state index contributed by atoms with van der Waals surface area (Å²) in [4.78, 5) is 38.5. The summed E-state index contributed by atoms with van der Waals surface area (Å²) in [5, 5.41) is 4.10. The van der Waals surface area contributed by atoms with Gasteiger partial charge in [0.15, 0.2) is 0 Å². The van der Waals surface area contributed by atoms with Crippen LogP contribution in [0.1, 0.15) is 59.2 Å². The summed E-state index contributed by atoms with van der Waals surface area (Å²) < 4.78 is 0. The number of halogens is 2. The zero-order valence-electron chi connectivity index (χ0n) is 29.4. The number of anilines is 1. The Morgan fingerprint density at radius 2 is 1.10 bits per heavy atom. The van der Waals surface area contributed by atoms with Gasteiger partial charge < -0.3 is 20.0 Å². The van der Waals surface area contributed by atoms with Crippen molar-refractivity contribution in [2.45, 2.75) is 38.5 Å². The van der Waals surface area contributed by atoms with Crippen LogP contribution in [0.5, 0.6) is 0 Å². The molecule has 6 rings (SSSR count). The van der Waals surface area contributed by atoms with Crippen LogP contribution < -0.4 is 10.2 Å². The van der Waals surface area contributed by atoms with Gasteiger partial charge in [0.05, 0.1) is 0 Å². The van der Waals surface area contributed by atoms with E-state index in [1.165, 1.54) is 31.4 Å². The molecule has 2 aromatic heterocycles. The summed E-state index contributed by atoms with van der Waals surface area (Å²) >= 11 is 5.50. The first-order chi connectivity index (χ1) is 23.9. The third-order valence-electron chi connectivity index (χ3n) is 9.22. The summed E-state index contributed by atoms with van der Waals surface area (Å²) in [6.07, 6.45) is 14.1. The monoisotopic (exact) mass is 718 g/mol. The first kappa shape index (κ1) is 40.4. The lowest BCUT2D eigenvalue weighted by Crippen LogP contribution is -2.35. The van der Waals surface area contributed by atoms with E-state index in [4.69, 9.17) is 11.6 Å². The van der Waals surface area contributed by atoms with Crippen molar-refractivity contribution in [3.05, 3.63) is 126 Å². The van der Waals surface area contributed by atoms with Gasteiger partial charge in [-0.3, -0.25) is 19.6 Å². The molecule has 0 unspecified atom stereocenters. The summed E-state index contributed by atoms with van der Waals surface area (Å²) in [6.45, 7) is 6.12. The van der Waals surface area contributed by atoms with Gasteiger partial charge in [-0.1, -0.05) is 48.0 Å². The molecular weight excluding hydrogens is 667 g/mol. The van der Waals surface area contributed by atoms with Crippen molar-refractivity contribution < 1.29 is 9.59 Å². The molecule has 2 aliphatic rings. The van der Waals surface area contributed by atoms with E-state index in [2.05, 4.69) is 32.3 Å². The topological polar surface area (TPSA) is 81.7 Å². The Labute approximate surface area is 309 Å². The molecule has 8 nitrogen and oxygen atoms in total. The third kappa shape index (κ3) is 14.1. The second-order valence-corrected chi connectivity index (χ2v) is 13.2. The van der Waals surface area contributed by atoms with Crippen LogP contribution in [0.25, 0.3) is 0 Å². The summed E-state index contributed by atoms with van der Waals surface area (Å²) in [5.41, 5.74) is 2.82. The van der Waals surface area contributed by atoms with Crippen molar-refractivity contribution in [3.8, 4) is 0 Å². The second kappa shape index (κ2) is 22.7. The fourth-order valence-corrected chi connectivity index (χ4v) is 6.21. The van der Waals surface area contributed by atoms with E-state index < -0.39 is 0 Å². The van der Waals surface area contributed by atoms with Crippen molar-refractivity contribution >= 4 is 41.5 Å². The van der Waals surface area contributed by atoms with Crippen LogP contribution in [0.2, 0.25) is 5.02 Å². The lowest BCUT2D eigenvalue weighted by Gasteiger charge is -2.34. The normalized spacial score (nSPS) is 14.5. The zero-order valence-corrected chi connectivity index (χ0v) is 30.9. The average molecular weight is 720 g/mol. The highest BCUT2D eigenvalue weighted by molar-refractivity contribution is 6.30. The Kier molecular flexibility index (Phi) is 18.3. The van der Waals surface area contributed by atoms with Crippen LogP contribution in [-0.2, 0) is 0 Å². The van der Waals surface area contributed by atoms with Gasteiger partial charge in [0.2, 0.25) is 0 Å². The van der Waals surface area contributed by atoms with Crippen molar-refractivity contribution in [1.29, 1.82) is 0 Å². The van der Waals surface area contributed by atoms with Crippen LogP contribution >= 0.6 is 24.0 Å². The van der Waals surface area contributed by atoms with Gasteiger partial charge in [-0.05, 0) is 112 Å². The standard InChI is InChI=1S/C20H25N3O.C15H22N2O.C5H4ClN.ClH/c1-22(20(24)18-5-3-2-4-6-18)14-9-17-10-15-23(16-11-17)19-7-12-21-13-8-19;1-17(12-9-13-7-10-16-11-8-13)15(18)14-5-3-2-4-6-14;6-5-1-3-7-4-2-5;/h2-8,12-13,17H,9-11,14-16H2,1H3;2-6,13,16H,7-12H2,1H3;1-4H;1H. The van der Waals surface area contributed by atoms with Gasteiger partial charge in [-0.25, -0.2) is 0 Å². The van der Waals surface area contributed by atoms with Gasteiger partial charge in [0.25, 0.3) is 11.8 Å². The number of pyridine rings is 2. The maximum atomic E-state index is 12.4. The fourth-order valence-electron chi connectivity index (χ4n) is 6.10. The molecule has 4 heterocycles. The van der Waals surface area contributed by atoms with Crippen LogP contribution in [0.15, 0.2) is 110 Å². The minimum atomic E-state index is 0. The van der Waals surface area contributed by atoms with E-state index in [9.17, 15) is 9.59 Å². The first-order valence-electron chi connectivity index (χ1n) is 17.4. The Hall–Kier alpha value is -3.98. The van der Waals surface area contributed by atoms with E-state index >= 15 is 0 Å². The maximum absolute atomic E-state index is 12.4. The maximum Gasteiger partial charge on any atom is 0.253 e. The van der Waals surface area contributed by atoms with E-state index in [-0.39, 0.29) is 24.2 Å².